The van der Waals surface area contributed by atoms with Crippen molar-refractivity contribution in [1.29, 1.82) is 0 Å². The summed E-state index contributed by atoms with van der Waals surface area (Å²) >= 11 is 23.8. The molecule has 0 fully saturated rings. The summed E-state index contributed by atoms with van der Waals surface area (Å²) in [4.78, 5) is 11.9. The molecule has 0 bridgehead atoms. The topological polar surface area (TPSA) is 105 Å². The Balaban J connectivity index is 1.90. The van der Waals surface area contributed by atoms with Gasteiger partial charge in [-0.15, -0.1) is 0 Å². The van der Waals surface area contributed by atoms with Gasteiger partial charge in [0.15, 0.2) is 5.75 Å². The van der Waals surface area contributed by atoms with Crippen LogP contribution < -0.4 is 15.4 Å². The summed E-state index contributed by atoms with van der Waals surface area (Å²) in [5, 5.41) is 6.05. The number of hydrogen-bond donors (Lipinski definition) is 3. The van der Waals surface area contributed by atoms with Crippen molar-refractivity contribution >= 4 is 73.9 Å². The fourth-order valence-electron chi connectivity index (χ4n) is 2.44. The lowest BCUT2D eigenvalue weighted by Gasteiger charge is -2.15. The molecule has 0 aliphatic heterocycles. The highest BCUT2D eigenvalue weighted by Crippen LogP contribution is 2.36. The molecule has 0 saturated carbocycles. The summed E-state index contributed by atoms with van der Waals surface area (Å²) in [6.45, 7) is 0. The van der Waals surface area contributed by atoms with E-state index in [0.717, 1.165) is 6.07 Å². The quantitative estimate of drug-likeness (QED) is 0.314. The molecule has 0 aliphatic carbocycles. The van der Waals surface area contributed by atoms with Gasteiger partial charge in [-0.1, -0.05) is 46.4 Å². The Morgan fingerprint density at radius 2 is 1.29 bits per heavy atom. The Morgan fingerprint density at radius 1 is 0.774 bits per heavy atom. The number of carbonyl (C=O) groups excluding carboxylic acids is 1. The zero-order valence-electron chi connectivity index (χ0n) is 15.2. The number of amides is 2. The average molecular weight is 522 g/mol. The van der Waals surface area contributed by atoms with E-state index in [1.54, 1.807) is 6.07 Å². The summed E-state index contributed by atoms with van der Waals surface area (Å²) in [5.74, 6) is -0.167. The van der Waals surface area contributed by atoms with Gasteiger partial charge in [0.1, 0.15) is 10.6 Å². The lowest BCUT2D eigenvalue weighted by atomic mass is 10.2. The maximum absolute atomic E-state index is 12.5. The first-order valence-electron chi connectivity index (χ1n) is 8.30. The van der Waals surface area contributed by atoms with Crippen LogP contribution in [-0.4, -0.2) is 19.0 Å². The molecule has 12 heteroatoms. The molecule has 2 amide bonds. The number of urea groups is 1. The minimum atomic E-state index is -4.63. The molecule has 7 nitrogen and oxygen atoms in total. The number of rotatable bonds is 5. The molecule has 3 aromatic carbocycles. The first kappa shape index (κ1) is 23.5. The molecule has 3 N–H and O–H groups in total. The van der Waals surface area contributed by atoms with Crippen molar-refractivity contribution in [3.05, 3.63) is 74.7 Å². The number of ether oxygens (including phenoxy) is 1. The fourth-order valence-corrected chi connectivity index (χ4v) is 3.83. The molecule has 0 atom stereocenters. The van der Waals surface area contributed by atoms with Crippen molar-refractivity contribution in [3.8, 4) is 11.5 Å². The van der Waals surface area contributed by atoms with E-state index in [0.29, 0.717) is 5.02 Å². The van der Waals surface area contributed by atoms with E-state index in [1.165, 1.54) is 42.5 Å². The standard InChI is InChI=1S/C19H12Cl4N2O5S/c20-10-1-4-13(23)14(7-10)24-19(26)25-15-8-11(21)2-5-16(15)30-17-6-3-12(22)9-18(17)31(27,28)29/h1-9H,(H2,24,25,26)(H,27,28,29). The van der Waals surface area contributed by atoms with Crippen LogP contribution in [0, 0.1) is 0 Å². The highest BCUT2D eigenvalue weighted by molar-refractivity contribution is 7.86. The van der Waals surface area contributed by atoms with Crippen molar-refractivity contribution < 1.29 is 22.5 Å². The molecule has 162 valence electrons. The third-order valence-electron chi connectivity index (χ3n) is 3.77. The molecule has 0 spiro atoms. The minimum absolute atomic E-state index is 0.0453. The second kappa shape index (κ2) is 9.52. The smallest absolute Gasteiger partial charge is 0.323 e. The SMILES string of the molecule is O=C(Nc1cc(Cl)ccc1Cl)Nc1cc(Cl)ccc1Oc1ccc(Cl)cc1S(=O)(=O)O. The van der Waals surface area contributed by atoms with Gasteiger partial charge < -0.3 is 15.4 Å². The maximum Gasteiger partial charge on any atom is 0.323 e. The Kier molecular flexibility index (Phi) is 7.20. The van der Waals surface area contributed by atoms with E-state index in [1.807, 2.05) is 0 Å². The molecule has 3 rings (SSSR count). The first-order chi connectivity index (χ1) is 14.5. The van der Waals surface area contributed by atoms with Crippen molar-refractivity contribution in [3.63, 3.8) is 0 Å². The molecule has 0 aromatic heterocycles. The monoisotopic (exact) mass is 520 g/mol. The van der Waals surface area contributed by atoms with Crippen LogP contribution in [-0.2, 0) is 10.1 Å². The summed E-state index contributed by atoms with van der Waals surface area (Å²) < 4.78 is 38.4. The normalized spacial score (nSPS) is 11.1. The van der Waals surface area contributed by atoms with Gasteiger partial charge in [0.2, 0.25) is 0 Å². The molecule has 0 radical (unpaired) electrons. The first-order valence-corrected chi connectivity index (χ1v) is 11.3. The summed E-state index contributed by atoms with van der Waals surface area (Å²) in [7, 11) is -4.63. The highest BCUT2D eigenvalue weighted by atomic mass is 35.5. The second-order valence-corrected chi connectivity index (χ2v) is 9.12. The third kappa shape index (κ3) is 6.16. The summed E-state index contributed by atoms with van der Waals surface area (Å²) in [6.07, 6.45) is 0. The van der Waals surface area contributed by atoms with Crippen LogP contribution in [0.2, 0.25) is 20.1 Å². The molecule has 0 unspecified atom stereocenters. The van der Waals surface area contributed by atoms with Crippen molar-refractivity contribution in [1.82, 2.24) is 0 Å². The van der Waals surface area contributed by atoms with E-state index >= 15 is 0 Å². The van der Waals surface area contributed by atoms with Crippen molar-refractivity contribution in [2.45, 2.75) is 4.90 Å². The largest absolute Gasteiger partial charge is 0.454 e. The molecule has 3 aromatic rings. The van der Waals surface area contributed by atoms with E-state index in [-0.39, 0.29) is 37.9 Å². The van der Waals surface area contributed by atoms with Crippen LogP contribution in [0.3, 0.4) is 0 Å². The summed E-state index contributed by atoms with van der Waals surface area (Å²) in [5.41, 5.74) is 0.377. The van der Waals surface area contributed by atoms with E-state index in [4.69, 9.17) is 51.1 Å². The zero-order chi connectivity index (χ0) is 22.8. The second-order valence-electron chi connectivity index (χ2n) is 6.01. The van der Waals surface area contributed by atoms with Crippen LogP contribution in [0.5, 0.6) is 11.5 Å². The molecule has 0 aliphatic rings. The lowest BCUT2D eigenvalue weighted by Crippen LogP contribution is -2.20. The zero-order valence-corrected chi connectivity index (χ0v) is 19.0. The van der Waals surface area contributed by atoms with Crippen LogP contribution in [0.25, 0.3) is 0 Å². The third-order valence-corrected chi connectivity index (χ3v) is 5.68. The Hall–Kier alpha value is -2.20. The molecule has 31 heavy (non-hydrogen) atoms. The molecule has 0 saturated heterocycles. The number of nitrogens with one attached hydrogen (secondary N) is 2. The van der Waals surface area contributed by atoms with E-state index in [2.05, 4.69) is 10.6 Å². The lowest BCUT2D eigenvalue weighted by molar-refractivity contribution is 0.262. The fraction of sp³-hybridized carbons (Fsp3) is 0. The Bertz CT molecular complexity index is 1270. The highest BCUT2D eigenvalue weighted by Gasteiger charge is 2.20. The predicted molar refractivity (Wildman–Crippen MR) is 122 cm³/mol. The van der Waals surface area contributed by atoms with Gasteiger partial charge in [0, 0.05) is 15.1 Å². The summed E-state index contributed by atoms with van der Waals surface area (Å²) in [6, 6.07) is 11.8. The van der Waals surface area contributed by atoms with E-state index < -0.39 is 21.0 Å². The van der Waals surface area contributed by atoms with Gasteiger partial charge in [-0.05, 0) is 54.6 Å². The molecule has 0 heterocycles. The van der Waals surface area contributed by atoms with E-state index in [9.17, 15) is 17.8 Å². The maximum atomic E-state index is 12.5. The minimum Gasteiger partial charge on any atom is -0.454 e. The van der Waals surface area contributed by atoms with Crippen LogP contribution in [0.4, 0.5) is 16.2 Å². The van der Waals surface area contributed by atoms with Gasteiger partial charge >= 0.3 is 6.03 Å². The Labute approximate surface area is 197 Å². The number of carbonyl (C=O) groups is 1. The van der Waals surface area contributed by atoms with Crippen LogP contribution >= 0.6 is 46.4 Å². The van der Waals surface area contributed by atoms with Crippen molar-refractivity contribution in [2.75, 3.05) is 10.6 Å². The molecular formula is C19H12Cl4N2O5S. The number of anilines is 2. The molecular weight excluding hydrogens is 510 g/mol. The number of hydrogen-bond acceptors (Lipinski definition) is 4. The van der Waals surface area contributed by atoms with Crippen LogP contribution in [0.15, 0.2) is 59.5 Å². The van der Waals surface area contributed by atoms with Crippen LogP contribution in [0.1, 0.15) is 0 Å². The van der Waals surface area contributed by atoms with Gasteiger partial charge in [-0.2, -0.15) is 8.42 Å². The predicted octanol–water partition coefficient (Wildman–Crippen LogP) is 6.98. The van der Waals surface area contributed by atoms with Gasteiger partial charge in [0.05, 0.1) is 16.4 Å². The average Bonchev–Trinajstić information content (AvgIpc) is 2.67. The van der Waals surface area contributed by atoms with Gasteiger partial charge in [0.25, 0.3) is 10.1 Å². The number of halogens is 4. The Morgan fingerprint density at radius 3 is 1.94 bits per heavy atom. The van der Waals surface area contributed by atoms with Crippen molar-refractivity contribution in [2.24, 2.45) is 0 Å². The van der Waals surface area contributed by atoms with Gasteiger partial charge in [-0.25, -0.2) is 4.79 Å². The van der Waals surface area contributed by atoms with Gasteiger partial charge in [-0.3, -0.25) is 4.55 Å². The number of benzene rings is 3.